The van der Waals surface area contributed by atoms with Crippen molar-refractivity contribution in [1.82, 2.24) is 4.90 Å². The number of nitrogens with zero attached hydrogens (tertiary/aromatic N) is 3. The lowest BCUT2D eigenvalue weighted by atomic mass is 9.92. The summed E-state index contributed by atoms with van der Waals surface area (Å²) in [6, 6.07) is 29.3. The molecule has 0 bridgehead atoms. The van der Waals surface area contributed by atoms with Gasteiger partial charge in [0.05, 0.1) is 17.8 Å². The summed E-state index contributed by atoms with van der Waals surface area (Å²) in [4.78, 5) is 47.4. The van der Waals surface area contributed by atoms with E-state index in [-0.39, 0.29) is 17.7 Å². The Bertz CT molecular complexity index is 1700. The molecule has 3 heterocycles. The first-order valence-corrected chi connectivity index (χ1v) is 14.6. The molecule has 42 heavy (non-hydrogen) atoms. The van der Waals surface area contributed by atoms with Gasteiger partial charge in [0, 0.05) is 40.6 Å². The number of piperidine rings is 1. The van der Waals surface area contributed by atoms with Crippen LogP contribution in [0.5, 0.6) is 0 Å². The predicted octanol–water partition coefficient (Wildman–Crippen LogP) is 6.44. The number of anilines is 3. The molecule has 0 saturated carbocycles. The zero-order valence-corrected chi connectivity index (χ0v) is 23.7. The smallest absolute Gasteiger partial charge is 0.279 e. The number of carbonyl (C=O) groups is 3. The maximum Gasteiger partial charge on any atom is 0.279 e. The lowest BCUT2D eigenvalue weighted by Gasteiger charge is -2.45. The zero-order chi connectivity index (χ0) is 28.8. The summed E-state index contributed by atoms with van der Waals surface area (Å²) in [5.74, 6) is -0.577. The highest BCUT2D eigenvalue weighted by Crippen LogP contribution is 2.50. The molecule has 0 radical (unpaired) electrons. The third kappa shape index (κ3) is 4.15. The van der Waals surface area contributed by atoms with E-state index in [4.69, 9.17) is 11.6 Å². The quantitative estimate of drug-likeness (QED) is 0.303. The topological polar surface area (TPSA) is 73.0 Å². The number of amides is 3. The molecule has 1 saturated heterocycles. The van der Waals surface area contributed by atoms with Gasteiger partial charge in [-0.3, -0.25) is 19.3 Å². The van der Waals surface area contributed by atoms with Gasteiger partial charge in [-0.15, -0.1) is 0 Å². The van der Waals surface area contributed by atoms with Crippen molar-refractivity contribution in [2.24, 2.45) is 0 Å². The van der Waals surface area contributed by atoms with Crippen molar-refractivity contribution in [2.75, 3.05) is 28.2 Å². The van der Waals surface area contributed by atoms with Gasteiger partial charge in [0.1, 0.15) is 0 Å². The van der Waals surface area contributed by atoms with Crippen LogP contribution in [0.4, 0.5) is 17.1 Å². The summed E-state index contributed by atoms with van der Waals surface area (Å²) < 4.78 is 0. The highest BCUT2D eigenvalue weighted by atomic mass is 35.5. The molecule has 1 N–H and O–H groups in total. The Morgan fingerprint density at radius 2 is 1.50 bits per heavy atom. The van der Waals surface area contributed by atoms with Crippen LogP contribution in [0.15, 0.2) is 97.1 Å². The van der Waals surface area contributed by atoms with Crippen LogP contribution in [-0.4, -0.2) is 35.7 Å². The first-order valence-electron chi connectivity index (χ1n) is 14.2. The SMILES string of the molecule is O=C(c1ccc(N2C(=O)c3ccccc3N[C@]23C(=O)N(Cc2ccc(Cl)cc2)c2ccccc23)cc1)N1CCCCC1. The Hall–Kier alpha value is -4.62. The van der Waals surface area contributed by atoms with Crippen molar-refractivity contribution in [3.8, 4) is 0 Å². The number of fused-ring (bicyclic) bond motifs is 3. The summed E-state index contributed by atoms with van der Waals surface area (Å²) in [5, 5.41) is 4.11. The molecular formula is C34H29ClN4O3. The number of benzene rings is 4. The van der Waals surface area contributed by atoms with Gasteiger partial charge in [-0.05, 0) is 79.4 Å². The van der Waals surface area contributed by atoms with Crippen LogP contribution in [-0.2, 0) is 17.0 Å². The highest BCUT2D eigenvalue weighted by Gasteiger charge is 2.59. The van der Waals surface area contributed by atoms with E-state index in [0.29, 0.717) is 39.6 Å². The third-order valence-electron chi connectivity index (χ3n) is 8.42. The summed E-state index contributed by atoms with van der Waals surface area (Å²) in [7, 11) is 0. The Labute approximate surface area is 249 Å². The largest absolute Gasteiger partial charge is 0.350 e. The third-order valence-corrected chi connectivity index (χ3v) is 8.67. The molecule has 1 spiro atoms. The number of hydrogen-bond acceptors (Lipinski definition) is 4. The number of rotatable bonds is 4. The average molecular weight is 577 g/mol. The van der Waals surface area contributed by atoms with Gasteiger partial charge < -0.3 is 15.1 Å². The van der Waals surface area contributed by atoms with Crippen LogP contribution in [0.3, 0.4) is 0 Å². The molecule has 0 unspecified atom stereocenters. The molecule has 7 rings (SSSR count). The van der Waals surface area contributed by atoms with Crippen LogP contribution in [0, 0.1) is 0 Å². The summed E-state index contributed by atoms with van der Waals surface area (Å²) in [5.41, 5.74) is 2.94. The minimum atomic E-state index is -1.52. The van der Waals surface area contributed by atoms with E-state index in [2.05, 4.69) is 5.32 Å². The Balaban J connectivity index is 1.34. The Morgan fingerprint density at radius 3 is 2.26 bits per heavy atom. The average Bonchev–Trinajstić information content (AvgIpc) is 3.25. The van der Waals surface area contributed by atoms with Gasteiger partial charge in [0.15, 0.2) is 0 Å². The first kappa shape index (κ1) is 26.3. The minimum Gasteiger partial charge on any atom is -0.350 e. The second kappa shape index (κ2) is 10.3. The zero-order valence-electron chi connectivity index (χ0n) is 22.9. The van der Waals surface area contributed by atoms with E-state index >= 15 is 0 Å². The van der Waals surface area contributed by atoms with E-state index in [1.54, 1.807) is 52.3 Å². The molecule has 3 amide bonds. The fourth-order valence-corrected chi connectivity index (χ4v) is 6.47. The molecule has 1 atom stereocenters. The van der Waals surface area contributed by atoms with E-state index in [1.807, 2.05) is 59.5 Å². The molecule has 210 valence electrons. The Morgan fingerprint density at radius 1 is 0.810 bits per heavy atom. The monoisotopic (exact) mass is 576 g/mol. The lowest BCUT2D eigenvalue weighted by molar-refractivity contribution is -0.122. The van der Waals surface area contributed by atoms with Crippen LogP contribution in [0.2, 0.25) is 5.02 Å². The fourth-order valence-electron chi connectivity index (χ4n) is 6.35. The number of para-hydroxylation sites is 2. The first-order chi connectivity index (χ1) is 20.5. The van der Waals surface area contributed by atoms with E-state index in [9.17, 15) is 14.4 Å². The molecule has 4 aromatic rings. The number of halogens is 1. The van der Waals surface area contributed by atoms with E-state index < -0.39 is 5.66 Å². The molecular weight excluding hydrogens is 548 g/mol. The van der Waals surface area contributed by atoms with Crippen LogP contribution in [0.1, 0.15) is 51.1 Å². The second-order valence-electron chi connectivity index (χ2n) is 11.0. The molecule has 8 heteroatoms. The van der Waals surface area contributed by atoms with Crippen molar-refractivity contribution < 1.29 is 14.4 Å². The molecule has 4 aromatic carbocycles. The fraction of sp³-hybridized carbons (Fsp3) is 0.206. The minimum absolute atomic E-state index is 0.0131. The normalized spacial score (nSPS) is 19.5. The van der Waals surface area contributed by atoms with Crippen LogP contribution >= 0.6 is 11.6 Å². The van der Waals surface area contributed by atoms with Crippen LogP contribution < -0.4 is 15.1 Å². The number of likely N-dealkylation sites (tertiary alicyclic amines) is 1. The van der Waals surface area contributed by atoms with E-state index in [1.165, 1.54) is 0 Å². The van der Waals surface area contributed by atoms with Gasteiger partial charge in [-0.1, -0.05) is 54.1 Å². The van der Waals surface area contributed by atoms with Crippen molar-refractivity contribution in [1.29, 1.82) is 0 Å². The van der Waals surface area contributed by atoms with Crippen molar-refractivity contribution >= 4 is 46.4 Å². The van der Waals surface area contributed by atoms with Gasteiger partial charge >= 0.3 is 0 Å². The summed E-state index contributed by atoms with van der Waals surface area (Å²) >= 11 is 6.12. The molecule has 0 aromatic heterocycles. The molecule has 3 aliphatic rings. The van der Waals surface area contributed by atoms with Crippen LogP contribution in [0.25, 0.3) is 0 Å². The second-order valence-corrected chi connectivity index (χ2v) is 11.4. The van der Waals surface area contributed by atoms with Gasteiger partial charge in [0.25, 0.3) is 17.7 Å². The predicted molar refractivity (Wildman–Crippen MR) is 164 cm³/mol. The van der Waals surface area contributed by atoms with Crippen molar-refractivity contribution in [2.45, 2.75) is 31.5 Å². The summed E-state index contributed by atoms with van der Waals surface area (Å²) in [6.45, 7) is 1.82. The van der Waals surface area contributed by atoms with Gasteiger partial charge in [-0.2, -0.15) is 0 Å². The van der Waals surface area contributed by atoms with E-state index in [0.717, 1.165) is 43.6 Å². The number of nitrogens with one attached hydrogen (secondary N) is 1. The van der Waals surface area contributed by atoms with Crippen molar-refractivity contribution in [3.05, 3.63) is 124 Å². The molecule has 1 fully saturated rings. The maximum atomic E-state index is 14.7. The van der Waals surface area contributed by atoms with Crippen molar-refractivity contribution in [3.63, 3.8) is 0 Å². The molecule has 0 aliphatic carbocycles. The lowest BCUT2D eigenvalue weighted by Crippen LogP contribution is -2.63. The van der Waals surface area contributed by atoms with Gasteiger partial charge in [-0.25, -0.2) is 0 Å². The summed E-state index contributed by atoms with van der Waals surface area (Å²) in [6.07, 6.45) is 3.16. The molecule has 7 nitrogen and oxygen atoms in total. The van der Waals surface area contributed by atoms with Gasteiger partial charge in [0.2, 0.25) is 5.66 Å². The standard InChI is InChI=1S/C34H29ClN4O3/c35-25-16-12-23(13-17-25)22-38-30-11-5-3-9-28(30)34(33(38)42)36-29-10-4-2-8-27(29)32(41)39(34)26-18-14-24(15-19-26)31(40)37-20-6-1-7-21-37/h2-5,8-19,36H,1,6-7,20-22H2/t34-/m0/s1. The number of carbonyl (C=O) groups excluding carboxylic acids is 3. The number of hydrogen-bond donors (Lipinski definition) is 1. The highest BCUT2D eigenvalue weighted by molar-refractivity contribution is 6.30. The molecule has 3 aliphatic heterocycles. The Kier molecular flexibility index (Phi) is 6.47. The maximum absolute atomic E-state index is 14.7.